The summed E-state index contributed by atoms with van der Waals surface area (Å²) in [4.78, 5) is 29.9. The van der Waals surface area contributed by atoms with Crippen molar-refractivity contribution in [2.24, 2.45) is 0 Å². The SMILES string of the molecule is O=C1C(=O)N2C(c3ccc4ccccc4c3)=C(c3ccccc3)C(c3ccccc3)=C(c3ccc4ccccc4c3)c3cccc1c32. The van der Waals surface area contributed by atoms with E-state index in [-0.39, 0.29) is 0 Å². The van der Waals surface area contributed by atoms with Gasteiger partial charge in [-0.25, -0.2) is 0 Å². The van der Waals surface area contributed by atoms with Crippen LogP contribution in [-0.2, 0) is 4.79 Å². The van der Waals surface area contributed by atoms with Gasteiger partial charge in [0.2, 0.25) is 0 Å². The first kappa shape index (κ1) is 27.0. The molecule has 7 aromatic rings. The van der Waals surface area contributed by atoms with E-state index in [2.05, 4.69) is 109 Å². The number of carbonyl (C=O) groups excluding carboxylic acids is 2. The van der Waals surface area contributed by atoms with Crippen molar-refractivity contribution >= 4 is 61.3 Å². The molecule has 0 spiro atoms. The molecule has 0 aromatic heterocycles. The highest BCUT2D eigenvalue weighted by molar-refractivity contribution is 6.56. The van der Waals surface area contributed by atoms with E-state index in [9.17, 15) is 9.59 Å². The Hall–Kier alpha value is -6.32. The summed E-state index contributed by atoms with van der Waals surface area (Å²) < 4.78 is 0. The minimum Gasteiger partial charge on any atom is -0.283 e. The molecule has 0 unspecified atom stereocenters. The molecule has 7 aromatic carbocycles. The van der Waals surface area contributed by atoms with Crippen molar-refractivity contribution < 1.29 is 9.59 Å². The molecule has 220 valence electrons. The third-order valence-corrected chi connectivity index (χ3v) is 9.32. The first-order valence-corrected chi connectivity index (χ1v) is 15.8. The third-order valence-electron chi connectivity index (χ3n) is 9.32. The van der Waals surface area contributed by atoms with Gasteiger partial charge in [-0.3, -0.25) is 14.5 Å². The maximum Gasteiger partial charge on any atom is 0.304 e. The number of hydrogen-bond donors (Lipinski definition) is 0. The lowest BCUT2D eigenvalue weighted by molar-refractivity contribution is -0.113. The molecule has 0 saturated heterocycles. The van der Waals surface area contributed by atoms with Gasteiger partial charge in [0, 0.05) is 16.7 Å². The van der Waals surface area contributed by atoms with Crippen molar-refractivity contribution in [3.63, 3.8) is 0 Å². The van der Waals surface area contributed by atoms with Gasteiger partial charge in [0.05, 0.1) is 16.9 Å². The van der Waals surface area contributed by atoms with Crippen LogP contribution in [0.4, 0.5) is 5.69 Å². The van der Waals surface area contributed by atoms with E-state index < -0.39 is 11.7 Å². The molecule has 0 saturated carbocycles. The predicted molar refractivity (Wildman–Crippen MR) is 192 cm³/mol. The molecule has 2 heterocycles. The van der Waals surface area contributed by atoms with Crippen LogP contribution in [0.2, 0.25) is 0 Å². The zero-order valence-corrected chi connectivity index (χ0v) is 25.4. The molecular formula is C44H27NO2. The van der Waals surface area contributed by atoms with Crippen LogP contribution in [0.3, 0.4) is 0 Å². The average Bonchev–Trinajstić information content (AvgIpc) is 3.30. The number of Topliss-reactive ketones (excluding diaryl/α,β-unsaturated/α-hetero) is 1. The van der Waals surface area contributed by atoms with Gasteiger partial charge >= 0.3 is 5.91 Å². The first-order valence-electron chi connectivity index (χ1n) is 15.8. The summed E-state index contributed by atoms with van der Waals surface area (Å²) in [5.41, 5.74) is 9.30. The average molecular weight is 602 g/mol. The molecule has 9 rings (SSSR count). The fourth-order valence-electron chi connectivity index (χ4n) is 7.22. The Morgan fingerprint density at radius 1 is 0.362 bits per heavy atom. The first-order chi connectivity index (χ1) is 23.2. The summed E-state index contributed by atoms with van der Waals surface area (Å²) >= 11 is 0. The standard InChI is InChI=1S/C44H27NO2/c46-43-37-21-11-20-36-38(34-24-22-28-12-7-9-18-32(28)26-34)39(30-14-3-1-4-15-30)40(31-16-5-2-6-17-31)41(45(42(36)37)44(43)47)35-25-23-29-13-8-10-19-33(29)27-35/h1-27H. The molecule has 3 nitrogen and oxygen atoms in total. The van der Waals surface area contributed by atoms with Gasteiger partial charge in [-0.05, 0) is 67.6 Å². The molecule has 0 bridgehead atoms. The molecule has 2 aliphatic rings. The number of benzene rings is 7. The van der Waals surface area contributed by atoms with Crippen LogP contribution in [0.25, 0.3) is 44.0 Å². The maximum absolute atomic E-state index is 14.3. The lowest BCUT2D eigenvalue weighted by Crippen LogP contribution is -2.29. The molecule has 1 amide bonds. The number of anilines is 1. The van der Waals surface area contributed by atoms with Crippen LogP contribution in [0.15, 0.2) is 164 Å². The number of carbonyl (C=O) groups is 2. The van der Waals surface area contributed by atoms with Gasteiger partial charge in [-0.2, -0.15) is 0 Å². The molecule has 0 fully saturated rings. The number of rotatable bonds is 4. The van der Waals surface area contributed by atoms with Gasteiger partial charge in [-0.15, -0.1) is 0 Å². The Balaban J connectivity index is 1.52. The Kier molecular flexibility index (Phi) is 6.12. The lowest BCUT2D eigenvalue weighted by atomic mass is 9.81. The van der Waals surface area contributed by atoms with Crippen molar-refractivity contribution in [1.82, 2.24) is 0 Å². The minimum absolute atomic E-state index is 0.422. The number of amides is 1. The third kappa shape index (κ3) is 4.21. The van der Waals surface area contributed by atoms with Gasteiger partial charge in [-0.1, -0.05) is 146 Å². The lowest BCUT2D eigenvalue weighted by Gasteiger charge is -2.25. The second-order valence-electron chi connectivity index (χ2n) is 12.0. The zero-order valence-electron chi connectivity index (χ0n) is 25.4. The zero-order chi connectivity index (χ0) is 31.5. The van der Waals surface area contributed by atoms with Crippen LogP contribution in [-0.4, -0.2) is 11.7 Å². The highest BCUT2D eigenvalue weighted by Crippen LogP contribution is 2.54. The summed E-state index contributed by atoms with van der Waals surface area (Å²) in [6, 6.07) is 55.8. The summed E-state index contributed by atoms with van der Waals surface area (Å²) in [6.45, 7) is 0. The fourth-order valence-corrected chi connectivity index (χ4v) is 7.22. The van der Waals surface area contributed by atoms with Crippen LogP contribution in [0.1, 0.15) is 38.2 Å². The molecule has 0 radical (unpaired) electrons. The quantitative estimate of drug-likeness (QED) is 0.188. The predicted octanol–water partition coefficient (Wildman–Crippen LogP) is 10.1. The van der Waals surface area contributed by atoms with Crippen LogP contribution < -0.4 is 4.90 Å². The molecule has 0 aliphatic carbocycles. The highest BCUT2D eigenvalue weighted by Gasteiger charge is 2.44. The smallest absolute Gasteiger partial charge is 0.283 e. The summed E-state index contributed by atoms with van der Waals surface area (Å²) in [5, 5.41) is 4.42. The van der Waals surface area contributed by atoms with Crippen molar-refractivity contribution in [2.75, 3.05) is 4.90 Å². The Morgan fingerprint density at radius 2 is 0.872 bits per heavy atom. The normalized spacial score (nSPS) is 14.3. The van der Waals surface area contributed by atoms with Crippen LogP contribution in [0.5, 0.6) is 0 Å². The number of hydrogen-bond acceptors (Lipinski definition) is 2. The second-order valence-corrected chi connectivity index (χ2v) is 12.0. The fraction of sp³-hybridized carbons (Fsp3) is 0. The number of allylic oxidation sites excluding steroid dienone is 2. The van der Waals surface area contributed by atoms with Crippen molar-refractivity contribution in [3.8, 4) is 0 Å². The summed E-state index contributed by atoms with van der Waals surface area (Å²) in [5.74, 6) is -1.04. The Bertz CT molecular complexity index is 2490. The number of fused-ring (bicyclic) bond motifs is 2. The van der Waals surface area contributed by atoms with Crippen LogP contribution >= 0.6 is 0 Å². The maximum atomic E-state index is 14.3. The molecule has 3 heteroatoms. The summed E-state index contributed by atoms with van der Waals surface area (Å²) in [7, 11) is 0. The monoisotopic (exact) mass is 601 g/mol. The van der Waals surface area contributed by atoms with Crippen LogP contribution in [0, 0.1) is 0 Å². The van der Waals surface area contributed by atoms with Gasteiger partial charge in [0.15, 0.2) is 0 Å². The Labute approximate surface area is 272 Å². The molecule has 47 heavy (non-hydrogen) atoms. The van der Waals surface area contributed by atoms with Gasteiger partial charge < -0.3 is 0 Å². The second kappa shape index (κ2) is 10.6. The number of nitrogens with zero attached hydrogens (tertiary/aromatic N) is 1. The summed E-state index contributed by atoms with van der Waals surface area (Å²) in [6.07, 6.45) is 0. The van der Waals surface area contributed by atoms with E-state index in [0.29, 0.717) is 16.9 Å². The van der Waals surface area contributed by atoms with E-state index in [1.54, 1.807) is 11.0 Å². The van der Waals surface area contributed by atoms with E-state index >= 15 is 0 Å². The minimum atomic E-state index is -0.545. The molecule has 0 atom stereocenters. The molecule has 2 aliphatic heterocycles. The van der Waals surface area contributed by atoms with E-state index in [4.69, 9.17) is 0 Å². The largest absolute Gasteiger partial charge is 0.304 e. The molecular weight excluding hydrogens is 574 g/mol. The van der Waals surface area contributed by atoms with Crippen molar-refractivity contribution in [3.05, 3.63) is 197 Å². The Morgan fingerprint density at radius 3 is 1.51 bits per heavy atom. The van der Waals surface area contributed by atoms with Gasteiger partial charge in [0.25, 0.3) is 5.78 Å². The van der Waals surface area contributed by atoms with E-state index in [1.807, 2.05) is 48.5 Å². The van der Waals surface area contributed by atoms with E-state index in [0.717, 1.165) is 66.1 Å². The number of ketones is 1. The topological polar surface area (TPSA) is 37.4 Å². The van der Waals surface area contributed by atoms with Crippen molar-refractivity contribution in [2.45, 2.75) is 0 Å². The van der Waals surface area contributed by atoms with Gasteiger partial charge in [0.1, 0.15) is 0 Å². The van der Waals surface area contributed by atoms with Crippen molar-refractivity contribution in [1.29, 1.82) is 0 Å². The number of para-hydroxylation sites is 1. The van der Waals surface area contributed by atoms with E-state index in [1.165, 1.54) is 0 Å². The highest BCUT2D eigenvalue weighted by atomic mass is 16.2. The molecule has 0 N–H and O–H groups in total.